The first kappa shape index (κ1) is 14.4. The molecule has 106 valence electrons. The Balaban J connectivity index is 2.10. The number of rotatable bonds is 4. The fraction of sp³-hybridized carbons (Fsp3) is 0.154. The van der Waals surface area contributed by atoms with Gasteiger partial charge in [-0.3, -0.25) is 4.79 Å². The molecule has 0 bridgehead atoms. The molecule has 0 saturated carbocycles. The van der Waals surface area contributed by atoms with Crippen LogP contribution in [0.2, 0.25) is 0 Å². The lowest BCUT2D eigenvalue weighted by atomic mass is 10.2. The van der Waals surface area contributed by atoms with E-state index in [9.17, 15) is 18.0 Å². The topological polar surface area (TPSA) is 38.3 Å². The highest BCUT2D eigenvalue weighted by atomic mass is 32.1. The molecule has 0 radical (unpaired) electrons. The number of hydrogen-bond donors (Lipinski definition) is 1. The van der Waals surface area contributed by atoms with E-state index < -0.39 is 18.7 Å². The third-order valence-corrected chi connectivity index (χ3v) is 2.99. The smallest absolute Gasteiger partial charge is 0.422 e. The van der Waals surface area contributed by atoms with Crippen molar-refractivity contribution in [1.82, 2.24) is 0 Å². The zero-order valence-corrected chi connectivity index (χ0v) is 10.9. The van der Waals surface area contributed by atoms with Gasteiger partial charge in [-0.15, -0.1) is 0 Å². The van der Waals surface area contributed by atoms with Gasteiger partial charge in [-0.05, 0) is 23.6 Å². The van der Waals surface area contributed by atoms with Crippen LogP contribution in [0, 0.1) is 0 Å². The number of carbonyl (C=O) groups is 1. The Hall–Kier alpha value is -2.02. The van der Waals surface area contributed by atoms with Gasteiger partial charge in [0, 0.05) is 5.38 Å². The molecule has 0 saturated heterocycles. The number of carbonyl (C=O) groups excluding carboxylic acids is 1. The van der Waals surface area contributed by atoms with Crippen LogP contribution >= 0.6 is 11.3 Å². The molecule has 1 aromatic carbocycles. The van der Waals surface area contributed by atoms with Crippen molar-refractivity contribution >= 4 is 22.9 Å². The van der Waals surface area contributed by atoms with Gasteiger partial charge >= 0.3 is 6.18 Å². The molecular weight excluding hydrogens is 291 g/mol. The molecule has 1 amide bonds. The van der Waals surface area contributed by atoms with Crippen molar-refractivity contribution in [1.29, 1.82) is 0 Å². The number of alkyl halides is 3. The summed E-state index contributed by atoms with van der Waals surface area (Å²) in [5.41, 5.74) is 0.647. The van der Waals surface area contributed by atoms with E-state index in [2.05, 4.69) is 10.1 Å². The van der Waals surface area contributed by atoms with E-state index >= 15 is 0 Å². The van der Waals surface area contributed by atoms with Gasteiger partial charge in [-0.2, -0.15) is 24.5 Å². The second kappa shape index (κ2) is 5.96. The van der Waals surface area contributed by atoms with Gasteiger partial charge in [0.25, 0.3) is 5.91 Å². The van der Waals surface area contributed by atoms with Crippen LogP contribution in [0.1, 0.15) is 10.4 Å². The Morgan fingerprint density at radius 1 is 1.25 bits per heavy atom. The number of para-hydroxylation sites is 2. The summed E-state index contributed by atoms with van der Waals surface area (Å²) in [6.07, 6.45) is -4.43. The van der Waals surface area contributed by atoms with Crippen molar-refractivity contribution in [2.45, 2.75) is 6.18 Å². The summed E-state index contributed by atoms with van der Waals surface area (Å²) >= 11 is 1.36. The molecule has 2 aromatic rings. The van der Waals surface area contributed by atoms with Crippen LogP contribution in [0.4, 0.5) is 18.9 Å². The lowest BCUT2D eigenvalue weighted by molar-refractivity contribution is -0.153. The zero-order valence-electron chi connectivity index (χ0n) is 10.1. The molecule has 0 atom stereocenters. The van der Waals surface area contributed by atoms with E-state index in [0.29, 0.717) is 5.56 Å². The van der Waals surface area contributed by atoms with Crippen molar-refractivity contribution in [2.75, 3.05) is 11.9 Å². The Morgan fingerprint density at radius 3 is 2.65 bits per heavy atom. The van der Waals surface area contributed by atoms with Crippen molar-refractivity contribution in [3.8, 4) is 5.75 Å². The molecule has 2 rings (SSSR count). The number of benzene rings is 1. The number of anilines is 1. The highest BCUT2D eigenvalue weighted by molar-refractivity contribution is 7.08. The zero-order chi connectivity index (χ0) is 14.6. The molecule has 1 heterocycles. The molecule has 7 heteroatoms. The average Bonchev–Trinajstić information content (AvgIpc) is 2.90. The first-order chi connectivity index (χ1) is 9.46. The van der Waals surface area contributed by atoms with Crippen molar-refractivity contribution in [3.05, 3.63) is 46.7 Å². The summed E-state index contributed by atoms with van der Waals surface area (Å²) in [5, 5.41) is 5.91. The molecule has 0 aliphatic carbocycles. The average molecular weight is 301 g/mol. The van der Waals surface area contributed by atoms with Gasteiger partial charge in [-0.1, -0.05) is 12.1 Å². The summed E-state index contributed by atoms with van der Waals surface area (Å²) in [7, 11) is 0. The monoisotopic (exact) mass is 301 g/mol. The van der Waals surface area contributed by atoms with Crippen LogP contribution in [0.25, 0.3) is 0 Å². The fourth-order valence-corrected chi connectivity index (χ4v) is 2.08. The largest absolute Gasteiger partial charge is 0.482 e. The van der Waals surface area contributed by atoms with Gasteiger partial charge < -0.3 is 10.1 Å². The number of hydrogen-bond acceptors (Lipinski definition) is 3. The molecule has 1 N–H and O–H groups in total. The van der Waals surface area contributed by atoms with E-state index in [1.165, 1.54) is 29.5 Å². The summed E-state index contributed by atoms with van der Waals surface area (Å²) in [4.78, 5) is 11.8. The number of nitrogens with one attached hydrogen (secondary N) is 1. The van der Waals surface area contributed by atoms with Gasteiger partial charge in [0.2, 0.25) is 0 Å². The van der Waals surface area contributed by atoms with Crippen molar-refractivity contribution in [3.63, 3.8) is 0 Å². The van der Waals surface area contributed by atoms with E-state index in [1.807, 2.05) is 0 Å². The molecule has 0 aliphatic rings. The SMILES string of the molecule is O=C(Nc1ccccc1OCC(F)(F)F)c1ccsc1. The van der Waals surface area contributed by atoms with Crippen molar-refractivity contribution in [2.24, 2.45) is 0 Å². The van der Waals surface area contributed by atoms with Crippen LogP contribution in [0.15, 0.2) is 41.1 Å². The lowest BCUT2D eigenvalue weighted by Crippen LogP contribution is -2.20. The summed E-state index contributed by atoms with van der Waals surface area (Å²) in [6.45, 7) is -1.40. The Labute approximate surface area is 117 Å². The highest BCUT2D eigenvalue weighted by Gasteiger charge is 2.28. The van der Waals surface area contributed by atoms with E-state index in [4.69, 9.17) is 0 Å². The maximum absolute atomic E-state index is 12.1. The second-order valence-electron chi connectivity index (χ2n) is 3.87. The predicted octanol–water partition coefficient (Wildman–Crippen LogP) is 3.94. The number of halogens is 3. The minimum absolute atomic E-state index is 0.0200. The summed E-state index contributed by atoms with van der Waals surface area (Å²) < 4.78 is 41.1. The lowest BCUT2D eigenvalue weighted by Gasteiger charge is -2.13. The summed E-state index contributed by atoms with van der Waals surface area (Å²) in [5.74, 6) is -0.414. The first-order valence-corrected chi connectivity index (χ1v) is 6.52. The predicted molar refractivity (Wildman–Crippen MR) is 70.3 cm³/mol. The van der Waals surface area contributed by atoms with Crippen LogP contribution < -0.4 is 10.1 Å². The van der Waals surface area contributed by atoms with Gasteiger partial charge in [0.1, 0.15) is 5.75 Å². The van der Waals surface area contributed by atoms with Crippen LogP contribution in [0.5, 0.6) is 5.75 Å². The standard InChI is InChI=1S/C13H10F3NO2S/c14-13(15,16)8-19-11-4-2-1-3-10(11)17-12(18)9-5-6-20-7-9/h1-7H,8H2,(H,17,18). The summed E-state index contributed by atoms with van der Waals surface area (Å²) in [6, 6.07) is 7.61. The normalized spacial score (nSPS) is 11.2. The molecule has 1 aromatic heterocycles. The maximum atomic E-state index is 12.1. The molecule has 0 aliphatic heterocycles. The van der Waals surface area contributed by atoms with Gasteiger partial charge in [0.05, 0.1) is 11.3 Å². The molecule has 3 nitrogen and oxygen atoms in total. The number of thiophene rings is 1. The van der Waals surface area contributed by atoms with E-state index in [0.717, 1.165) is 0 Å². The van der Waals surface area contributed by atoms with Crippen LogP contribution in [-0.2, 0) is 0 Å². The number of ether oxygens (including phenoxy) is 1. The van der Waals surface area contributed by atoms with Crippen LogP contribution in [-0.4, -0.2) is 18.7 Å². The minimum atomic E-state index is -4.43. The minimum Gasteiger partial charge on any atom is -0.482 e. The Kier molecular flexibility index (Phi) is 4.29. The molecular formula is C13H10F3NO2S. The Bertz CT molecular complexity index is 582. The first-order valence-electron chi connectivity index (χ1n) is 5.58. The third-order valence-electron chi connectivity index (χ3n) is 2.31. The number of amides is 1. The quantitative estimate of drug-likeness (QED) is 0.929. The maximum Gasteiger partial charge on any atom is 0.422 e. The van der Waals surface area contributed by atoms with Gasteiger partial charge in [-0.25, -0.2) is 0 Å². The highest BCUT2D eigenvalue weighted by Crippen LogP contribution is 2.26. The Morgan fingerprint density at radius 2 is 2.00 bits per heavy atom. The molecule has 0 unspecified atom stereocenters. The molecule has 0 fully saturated rings. The molecule has 0 spiro atoms. The van der Waals surface area contributed by atoms with E-state index in [1.54, 1.807) is 22.9 Å². The fourth-order valence-electron chi connectivity index (χ4n) is 1.44. The van der Waals surface area contributed by atoms with E-state index in [-0.39, 0.29) is 11.4 Å². The molecule has 20 heavy (non-hydrogen) atoms. The van der Waals surface area contributed by atoms with Gasteiger partial charge in [0.15, 0.2) is 6.61 Å². The van der Waals surface area contributed by atoms with Crippen molar-refractivity contribution < 1.29 is 22.7 Å². The third kappa shape index (κ3) is 3.99. The van der Waals surface area contributed by atoms with Crippen LogP contribution in [0.3, 0.4) is 0 Å². The second-order valence-corrected chi connectivity index (χ2v) is 4.65.